The molecular formula is C14H24N2O2. The van der Waals surface area contributed by atoms with Crippen molar-refractivity contribution in [1.29, 1.82) is 0 Å². The second-order valence-electron chi connectivity index (χ2n) is 5.69. The maximum atomic E-state index is 12.1. The molecule has 1 N–H and O–H groups in total. The van der Waals surface area contributed by atoms with Crippen molar-refractivity contribution in [3.8, 4) is 0 Å². The predicted octanol–water partition coefficient (Wildman–Crippen LogP) is 1.69. The molecule has 2 amide bonds. The summed E-state index contributed by atoms with van der Waals surface area (Å²) < 4.78 is 0. The van der Waals surface area contributed by atoms with Crippen LogP contribution in [0.1, 0.15) is 52.4 Å². The summed E-state index contributed by atoms with van der Waals surface area (Å²) in [6.45, 7) is 4.73. The molecule has 0 aromatic rings. The highest BCUT2D eigenvalue weighted by molar-refractivity contribution is 5.89. The molecule has 1 heterocycles. The van der Waals surface area contributed by atoms with E-state index in [9.17, 15) is 9.59 Å². The first-order chi connectivity index (χ1) is 8.61. The third kappa shape index (κ3) is 2.85. The summed E-state index contributed by atoms with van der Waals surface area (Å²) >= 11 is 0. The minimum absolute atomic E-state index is 0.0843. The van der Waals surface area contributed by atoms with E-state index >= 15 is 0 Å². The molecule has 0 bridgehead atoms. The molecular weight excluding hydrogens is 228 g/mol. The quantitative estimate of drug-likeness (QED) is 0.827. The highest BCUT2D eigenvalue weighted by Gasteiger charge is 2.36. The lowest BCUT2D eigenvalue weighted by atomic mass is 10.1. The Bertz CT molecular complexity index is 324. The smallest absolute Gasteiger partial charge is 0.225 e. The Morgan fingerprint density at radius 1 is 1.44 bits per heavy atom. The van der Waals surface area contributed by atoms with E-state index in [1.165, 1.54) is 12.8 Å². The standard InChI is InChI=1S/C14H24N2O2/c1-3-10(2)16-9-11(8-13(16)17)14(18)15-12-6-4-5-7-12/h10-12H,3-9H2,1-2H3,(H,15,18). The molecule has 18 heavy (non-hydrogen) atoms. The second-order valence-corrected chi connectivity index (χ2v) is 5.69. The van der Waals surface area contributed by atoms with Crippen LogP contribution in [0.5, 0.6) is 0 Å². The minimum Gasteiger partial charge on any atom is -0.353 e. The molecule has 1 aliphatic heterocycles. The first-order valence-electron chi connectivity index (χ1n) is 7.21. The van der Waals surface area contributed by atoms with E-state index in [2.05, 4.69) is 19.2 Å². The van der Waals surface area contributed by atoms with Gasteiger partial charge in [0.15, 0.2) is 0 Å². The molecule has 2 fully saturated rings. The van der Waals surface area contributed by atoms with Crippen LogP contribution in [0.2, 0.25) is 0 Å². The van der Waals surface area contributed by atoms with Gasteiger partial charge in [0.25, 0.3) is 0 Å². The zero-order valence-corrected chi connectivity index (χ0v) is 11.4. The van der Waals surface area contributed by atoms with Gasteiger partial charge in [0.2, 0.25) is 11.8 Å². The fraction of sp³-hybridized carbons (Fsp3) is 0.857. The Balaban J connectivity index is 1.86. The number of amides is 2. The first-order valence-corrected chi connectivity index (χ1v) is 7.21. The van der Waals surface area contributed by atoms with Gasteiger partial charge >= 0.3 is 0 Å². The second kappa shape index (κ2) is 5.72. The van der Waals surface area contributed by atoms with Crippen LogP contribution in [0.15, 0.2) is 0 Å². The van der Waals surface area contributed by atoms with Gasteiger partial charge < -0.3 is 10.2 Å². The third-order valence-corrected chi connectivity index (χ3v) is 4.35. The molecule has 0 spiro atoms. The average Bonchev–Trinajstić information content (AvgIpc) is 2.97. The lowest BCUT2D eigenvalue weighted by Gasteiger charge is -2.23. The Morgan fingerprint density at radius 3 is 2.72 bits per heavy atom. The van der Waals surface area contributed by atoms with Gasteiger partial charge in [0, 0.05) is 25.0 Å². The molecule has 1 saturated heterocycles. The molecule has 2 atom stereocenters. The monoisotopic (exact) mass is 252 g/mol. The van der Waals surface area contributed by atoms with Gasteiger partial charge in [-0.2, -0.15) is 0 Å². The number of rotatable bonds is 4. The van der Waals surface area contributed by atoms with Crippen LogP contribution >= 0.6 is 0 Å². The number of nitrogens with one attached hydrogen (secondary N) is 1. The number of carbonyl (C=O) groups excluding carboxylic acids is 2. The number of likely N-dealkylation sites (tertiary alicyclic amines) is 1. The number of nitrogens with zero attached hydrogens (tertiary/aromatic N) is 1. The minimum atomic E-state index is -0.132. The van der Waals surface area contributed by atoms with Crippen LogP contribution in [-0.2, 0) is 9.59 Å². The SMILES string of the molecule is CCC(C)N1CC(C(=O)NC2CCCC2)CC1=O. The van der Waals surface area contributed by atoms with Crippen molar-refractivity contribution in [2.45, 2.75) is 64.5 Å². The van der Waals surface area contributed by atoms with Crippen LogP contribution in [0, 0.1) is 5.92 Å². The molecule has 0 aromatic heterocycles. The van der Waals surface area contributed by atoms with Crippen molar-refractivity contribution in [1.82, 2.24) is 10.2 Å². The highest BCUT2D eigenvalue weighted by atomic mass is 16.2. The number of hydrogen-bond acceptors (Lipinski definition) is 2. The molecule has 2 aliphatic rings. The summed E-state index contributed by atoms with van der Waals surface area (Å²) in [5.41, 5.74) is 0. The lowest BCUT2D eigenvalue weighted by molar-refractivity contribution is -0.130. The van der Waals surface area contributed by atoms with E-state index in [1.807, 2.05) is 4.90 Å². The van der Waals surface area contributed by atoms with Crippen molar-refractivity contribution < 1.29 is 9.59 Å². The van der Waals surface area contributed by atoms with E-state index in [4.69, 9.17) is 0 Å². The molecule has 4 nitrogen and oxygen atoms in total. The normalized spacial score (nSPS) is 26.7. The Kier molecular flexibility index (Phi) is 4.25. The van der Waals surface area contributed by atoms with Gasteiger partial charge in [-0.3, -0.25) is 9.59 Å². The van der Waals surface area contributed by atoms with Crippen molar-refractivity contribution in [2.75, 3.05) is 6.54 Å². The van der Waals surface area contributed by atoms with Crippen molar-refractivity contribution in [3.05, 3.63) is 0 Å². The van der Waals surface area contributed by atoms with Crippen molar-refractivity contribution in [3.63, 3.8) is 0 Å². The fourth-order valence-electron chi connectivity index (χ4n) is 2.94. The maximum Gasteiger partial charge on any atom is 0.225 e. The van der Waals surface area contributed by atoms with Gasteiger partial charge in [-0.1, -0.05) is 19.8 Å². The molecule has 4 heteroatoms. The molecule has 2 unspecified atom stereocenters. The van der Waals surface area contributed by atoms with Crippen molar-refractivity contribution in [2.24, 2.45) is 5.92 Å². The average molecular weight is 252 g/mol. The van der Waals surface area contributed by atoms with E-state index in [1.54, 1.807) is 0 Å². The molecule has 1 aliphatic carbocycles. The fourth-order valence-corrected chi connectivity index (χ4v) is 2.94. The molecule has 102 valence electrons. The van der Waals surface area contributed by atoms with Crippen LogP contribution in [0.3, 0.4) is 0 Å². The molecule has 0 radical (unpaired) electrons. The van der Waals surface area contributed by atoms with E-state index in [-0.39, 0.29) is 23.8 Å². The van der Waals surface area contributed by atoms with Gasteiger partial charge in [-0.25, -0.2) is 0 Å². The molecule has 0 aromatic carbocycles. The number of hydrogen-bond donors (Lipinski definition) is 1. The van der Waals surface area contributed by atoms with Gasteiger partial charge in [-0.15, -0.1) is 0 Å². The maximum absolute atomic E-state index is 12.1. The molecule has 2 rings (SSSR count). The Morgan fingerprint density at radius 2 is 2.11 bits per heavy atom. The summed E-state index contributed by atoms with van der Waals surface area (Å²) in [5, 5.41) is 3.10. The van der Waals surface area contributed by atoms with Crippen LogP contribution in [-0.4, -0.2) is 35.3 Å². The Labute approximate surface area is 109 Å². The summed E-state index contributed by atoms with van der Waals surface area (Å²) in [6, 6.07) is 0.604. The zero-order chi connectivity index (χ0) is 13.1. The third-order valence-electron chi connectivity index (χ3n) is 4.35. The highest BCUT2D eigenvalue weighted by Crippen LogP contribution is 2.23. The lowest BCUT2D eigenvalue weighted by Crippen LogP contribution is -2.39. The summed E-state index contributed by atoms with van der Waals surface area (Å²) in [4.78, 5) is 25.8. The largest absolute Gasteiger partial charge is 0.353 e. The van der Waals surface area contributed by atoms with Crippen LogP contribution < -0.4 is 5.32 Å². The Hall–Kier alpha value is -1.06. The number of carbonyl (C=O) groups is 2. The predicted molar refractivity (Wildman–Crippen MR) is 70.0 cm³/mol. The summed E-state index contributed by atoms with van der Waals surface area (Å²) in [5.74, 6) is 0.0871. The van der Waals surface area contributed by atoms with Gasteiger partial charge in [-0.05, 0) is 26.2 Å². The zero-order valence-electron chi connectivity index (χ0n) is 11.4. The first kappa shape index (κ1) is 13.4. The van der Waals surface area contributed by atoms with E-state index < -0.39 is 0 Å². The van der Waals surface area contributed by atoms with Crippen molar-refractivity contribution >= 4 is 11.8 Å². The van der Waals surface area contributed by atoms with Gasteiger partial charge in [0.1, 0.15) is 0 Å². The van der Waals surface area contributed by atoms with Crippen LogP contribution in [0.4, 0.5) is 0 Å². The van der Waals surface area contributed by atoms with E-state index in [0.29, 0.717) is 19.0 Å². The summed E-state index contributed by atoms with van der Waals surface area (Å²) in [6.07, 6.45) is 5.97. The molecule has 1 saturated carbocycles. The topological polar surface area (TPSA) is 49.4 Å². The van der Waals surface area contributed by atoms with Crippen LogP contribution in [0.25, 0.3) is 0 Å². The summed E-state index contributed by atoms with van der Waals surface area (Å²) in [7, 11) is 0. The van der Waals surface area contributed by atoms with Gasteiger partial charge in [0.05, 0.1) is 5.92 Å². The van der Waals surface area contributed by atoms with E-state index in [0.717, 1.165) is 19.3 Å².